The standard InChI is InChI=1S/C19H19FN2O5S/c1-2-28(26,27)13-7-8-17(23)15(10-13)21-19(25)12-9-18(24)22(11-12)16-6-4-3-5-14(16)20/h3-8,10,12,23H,2,9,11H2,1H3,(H,21,25). The van der Waals surface area contributed by atoms with Gasteiger partial charge in [0, 0.05) is 13.0 Å². The number of nitrogens with one attached hydrogen (secondary N) is 1. The molecule has 1 unspecified atom stereocenters. The summed E-state index contributed by atoms with van der Waals surface area (Å²) in [6.07, 6.45) is -0.117. The average molecular weight is 406 g/mol. The van der Waals surface area contributed by atoms with Crippen molar-refractivity contribution in [2.45, 2.75) is 18.2 Å². The molecule has 7 nitrogen and oxygen atoms in total. The largest absolute Gasteiger partial charge is 0.506 e. The van der Waals surface area contributed by atoms with Crippen molar-refractivity contribution in [1.82, 2.24) is 0 Å². The number of benzene rings is 2. The molecule has 28 heavy (non-hydrogen) atoms. The van der Waals surface area contributed by atoms with Gasteiger partial charge in [0.1, 0.15) is 11.6 Å². The minimum Gasteiger partial charge on any atom is -0.506 e. The molecule has 2 aromatic rings. The Labute approximate surface area is 161 Å². The highest BCUT2D eigenvalue weighted by Crippen LogP contribution is 2.30. The maximum atomic E-state index is 13.9. The van der Waals surface area contributed by atoms with Crippen molar-refractivity contribution in [3.63, 3.8) is 0 Å². The van der Waals surface area contributed by atoms with Gasteiger partial charge in [-0.2, -0.15) is 0 Å². The molecular formula is C19H19FN2O5S. The van der Waals surface area contributed by atoms with Crippen LogP contribution < -0.4 is 10.2 Å². The van der Waals surface area contributed by atoms with E-state index in [9.17, 15) is 27.5 Å². The number of carbonyl (C=O) groups is 2. The topological polar surface area (TPSA) is 104 Å². The predicted octanol–water partition coefficient (Wildman–Crippen LogP) is 2.32. The molecule has 3 rings (SSSR count). The maximum Gasteiger partial charge on any atom is 0.229 e. The smallest absolute Gasteiger partial charge is 0.229 e. The first-order valence-electron chi connectivity index (χ1n) is 8.64. The molecular weight excluding hydrogens is 387 g/mol. The molecule has 0 aromatic heterocycles. The zero-order valence-corrected chi connectivity index (χ0v) is 15.9. The second kappa shape index (κ2) is 7.59. The molecule has 2 N–H and O–H groups in total. The van der Waals surface area contributed by atoms with E-state index in [0.29, 0.717) is 0 Å². The van der Waals surface area contributed by atoms with Gasteiger partial charge in [-0.05, 0) is 30.3 Å². The zero-order valence-electron chi connectivity index (χ0n) is 15.1. The number of halogens is 1. The number of aromatic hydroxyl groups is 1. The van der Waals surface area contributed by atoms with Crippen LogP contribution in [-0.2, 0) is 19.4 Å². The molecule has 2 aromatic carbocycles. The predicted molar refractivity (Wildman–Crippen MR) is 101 cm³/mol. The van der Waals surface area contributed by atoms with Gasteiger partial charge in [0.25, 0.3) is 0 Å². The van der Waals surface area contributed by atoms with Crippen LogP contribution in [0.15, 0.2) is 47.4 Å². The van der Waals surface area contributed by atoms with Crippen LogP contribution in [-0.4, -0.2) is 37.6 Å². The molecule has 0 aliphatic carbocycles. The van der Waals surface area contributed by atoms with Gasteiger partial charge in [-0.1, -0.05) is 19.1 Å². The molecule has 1 aliphatic heterocycles. The van der Waals surface area contributed by atoms with Gasteiger partial charge in [0.15, 0.2) is 9.84 Å². The molecule has 9 heteroatoms. The van der Waals surface area contributed by atoms with Crippen molar-refractivity contribution < 1.29 is 27.5 Å². The van der Waals surface area contributed by atoms with E-state index < -0.39 is 33.4 Å². The van der Waals surface area contributed by atoms with E-state index in [1.54, 1.807) is 6.07 Å². The Morgan fingerprint density at radius 2 is 2.00 bits per heavy atom. The fraction of sp³-hybridized carbons (Fsp3) is 0.263. The number of anilines is 2. The number of carbonyl (C=O) groups excluding carboxylic acids is 2. The Morgan fingerprint density at radius 3 is 2.68 bits per heavy atom. The van der Waals surface area contributed by atoms with Gasteiger partial charge in [-0.15, -0.1) is 0 Å². The molecule has 0 radical (unpaired) electrons. The first kappa shape index (κ1) is 19.8. The molecule has 1 heterocycles. The van der Waals surface area contributed by atoms with E-state index in [2.05, 4.69) is 5.32 Å². The summed E-state index contributed by atoms with van der Waals surface area (Å²) in [5.41, 5.74) is 0.0398. The molecule has 1 aliphatic rings. The monoisotopic (exact) mass is 406 g/mol. The molecule has 1 atom stereocenters. The summed E-state index contributed by atoms with van der Waals surface area (Å²) in [7, 11) is -3.52. The summed E-state index contributed by atoms with van der Waals surface area (Å²) in [5.74, 6) is -2.70. The van der Waals surface area contributed by atoms with Crippen LogP contribution in [0.5, 0.6) is 5.75 Å². The van der Waals surface area contributed by atoms with E-state index in [1.165, 1.54) is 48.2 Å². The Balaban J connectivity index is 1.78. The second-order valence-electron chi connectivity index (χ2n) is 6.43. The average Bonchev–Trinajstić information content (AvgIpc) is 3.05. The number of amides is 2. The zero-order chi connectivity index (χ0) is 20.5. The fourth-order valence-corrected chi connectivity index (χ4v) is 3.90. The molecule has 0 spiro atoms. The number of hydrogen-bond donors (Lipinski definition) is 2. The minimum atomic E-state index is -3.52. The Kier molecular flexibility index (Phi) is 5.37. The van der Waals surface area contributed by atoms with E-state index in [4.69, 9.17) is 0 Å². The SMILES string of the molecule is CCS(=O)(=O)c1ccc(O)c(NC(=O)C2CC(=O)N(c3ccccc3F)C2)c1. The summed E-state index contributed by atoms with van der Waals surface area (Å²) in [4.78, 5) is 26.0. The van der Waals surface area contributed by atoms with Crippen molar-refractivity contribution in [2.75, 3.05) is 22.5 Å². The van der Waals surface area contributed by atoms with E-state index in [-0.39, 0.29) is 40.7 Å². The van der Waals surface area contributed by atoms with Gasteiger partial charge in [0.2, 0.25) is 11.8 Å². The minimum absolute atomic E-state index is 0.0146. The van der Waals surface area contributed by atoms with Gasteiger partial charge in [-0.25, -0.2) is 12.8 Å². The first-order valence-corrected chi connectivity index (χ1v) is 10.3. The van der Waals surface area contributed by atoms with Crippen molar-refractivity contribution in [2.24, 2.45) is 5.92 Å². The van der Waals surface area contributed by atoms with Crippen LogP contribution >= 0.6 is 0 Å². The number of rotatable bonds is 5. The summed E-state index contributed by atoms with van der Waals surface area (Å²) in [5, 5.41) is 12.4. The lowest BCUT2D eigenvalue weighted by Gasteiger charge is -2.17. The van der Waals surface area contributed by atoms with Gasteiger partial charge in [-0.3, -0.25) is 9.59 Å². The van der Waals surface area contributed by atoms with Crippen molar-refractivity contribution in [1.29, 1.82) is 0 Å². The Morgan fingerprint density at radius 1 is 1.29 bits per heavy atom. The van der Waals surface area contributed by atoms with Crippen LogP contribution in [0, 0.1) is 11.7 Å². The van der Waals surface area contributed by atoms with Crippen molar-refractivity contribution in [3.05, 3.63) is 48.3 Å². The number of para-hydroxylation sites is 1. The van der Waals surface area contributed by atoms with E-state index in [0.717, 1.165) is 0 Å². The molecule has 0 saturated carbocycles. The highest BCUT2D eigenvalue weighted by Gasteiger charge is 2.36. The highest BCUT2D eigenvalue weighted by molar-refractivity contribution is 7.91. The normalized spacial score (nSPS) is 17.0. The summed E-state index contributed by atoms with van der Waals surface area (Å²) < 4.78 is 37.9. The van der Waals surface area contributed by atoms with E-state index in [1.807, 2.05) is 0 Å². The van der Waals surface area contributed by atoms with Crippen LogP contribution in [0.2, 0.25) is 0 Å². The van der Waals surface area contributed by atoms with Crippen molar-refractivity contribution in [3.8, 4) is 5.75 Å². The summed E-state index contributed by atoms with van der Waals surface area (Å²) >= 11 is 0. The lowest BCUT2D eigenvalue weighted by atomic mass is 10.1. The molecule has 148 valence electrons. The first-order chi connectivity index (χ1) is 13.2. The van der Waals surface area contributed by atoms with Crippen molar-refractivity contribution >= 4 is 33.0 Å². The van der Waals surface area contributed by atoms with Crippen LogP contribution in [0.1, 0.15) is 13.3 Å². The number of nitrogens with zero attached hydrogens (tertiary/aromatic N) is 1. The Hall–Kier alpha value is -2.94. The fourth-order valence-electron chi connectivity index (χ4n) is 3.00. The summed E-state index contributed by atoms with van der Waals surface area (Å²) in [6.45, 7) is 1.47. The van der Waals surface area contributed by atoms with Crippen LogP contribution in [0.4, 0.5) is 15.8 Å². The lowest BCUT2D eigenvalue weighted by Crippen LogP contribution is -2.28. The van der Waals surface area contributed by atoms with Gasteiger partial charge in [0.05, 0.1) is 27.9 Å². The molecule has 1 saturated heterocycles. The third-order valence-corrected chi connectivity index (χ3v) is 6.34. The number of phenolic OH excluding ortho intramolecular Hbond substituents is 1. The summed E-state index contributed by atoms with van der Waals surface area (Å²) in [6, 6.07) is 9.40. The quantitative estimate of drug-likeness (QED) is 0.742. The maximum absolute atomic E-state index is 13.9. The number of phenols is 1. The second-order valence-corrected chi connectivity index (χ2v) is 8.71. The van der Waals surface area contributed by atoms with Gasteiger partial charge >= 0.3 is 0 Å². The highest BCUT2D eigenvalue weighted by atomic mass is 32.2. The lowest BCUT2D eigenvalue weighted by molar-refractivity contribution is -0.122. The van der Waals surface area contributed by atoms with Gasteiger partial charge < -0.3 is 15.3 Å². The number of hydrogen-bond acceptors (Lipinski definition) is 5. The van der Waals surface area contributed by atoms with Crippen LogP contribution in [0.25, 0.3) is 0 Å². The number of sulfone groups is 1. The Bertz CT molecular complexity index is 1040. The third-order valence-electron chi connectivity index (χ3n) is 4.60. The molecule has 1 fully saturated rings. The third kappa shape index (κ3) is 3.84. The molecule has 0 bridgehead atoms. The molecule has 2 amide bonds. The van der Waals surface area contributed by atoms with E-state index >= 15 is 0 Å². The van der Waals surface area contributed by atoms with Crippen LogP contribution in [0.3, 0.4) is 0 Å².